The number of benzene rings is 1. The average Bonchev–Trinajstić information content (AvgIpc) is 2.71. The van der Waals surface area contributed by atoms with Gasteiger partial charge in [0.15, 0.2) is 11.9 Å². The number of aliphatic hydroxyl groups is 1. The Bertz CT molecular complexity index is 769. The van der Waals surface area contributed by atoms with Crippen molar-refractivity contribution in [3.8, 4) is 0 Å². The molecule has 1 N–H and O–H groups in total. The lowest BCUT2D eigenvalue weighted by Crippen LogP contribution is -2.71. The molecule has 2 fully saturated rings. The lowest BCUT2D eigenvalue weighted by molar-refractivity contribution is -0.418. The van der Waals surface area contributed by atoms with Gasteiger partial charge < -0.3 is 28.8 Å². The second-order valence-corrected chi connectivity index (χ2v) is 7.49. The van der Waals surface area contributed by atoms with Crippen molar-refractivity contribution in [2.75, 3.05) is 20.3 Å². The van der Waals surface area contributed by atoms with Crippen LogP contribution in [0.25, 0.3) is 0 Å². The van der Waals surface area contributed by atoms with Gasteiger partial charge in [-0.1, -0.05) is 0 Å². The van der Waals surface area contributed by atoms with Crippen molar-refractivity contribution in [3.05, 3.63) is 39.9 Å². The van der Waals surface area contributed by atoms with Crippen LogP contribution in [0.4, 0.5) is 5.69 Å². The van der Waals surface area contributed by atoms with Crippen molar-refractivity contribution >= 4 is 11.7 Å². The van der Waals surface area contributed by atoms with Crippen LogP contribution >= 0.6 is 0 Å². The largest absolute Gasteiger partial charge is 0.453 e. The number of nitro benzene ring substituents is 1. The number of carbonyl (C=O) groups is 1. The van der Waals surface area contributed by atoms with Gasteiger partial charge in [0.25, 0.3) is 5.69 Å². The van der Waals surface area contributed by atoms with Crippen molar-refractivity contribution in [3.63, 3.8) is 0 Å². The molecule has 1 aromatic rings. The molecule has 2 aliphatic rings. The zero-order valence-electron chi connectivity index (χ0n) is 16.7. The van der Waals surface area contributed by atoms with Gasteiger partial charge in [0.1, 0.15) is 17.8 Å². The summed E-state index contributed by atoms with van der Waals surface area (Å²) in [6, 6.07) is 5.11. The summed E-state index contributed by atoms with van der Waals surface area (Å²) in [5, 5.41) is 20.6. The van der Waals surface area contributed by atoms with Crippen molar-refractivity contribution in [1.82, 2.24) is 0 Å². The Labute approximate surface area is 167 Å². The fourth-order valence-electron chi connectivity index (χ4n) is 3.48. The fraction of sp³-hybridized carbons (Fsp3) is 0.632. The molecular formula is C19H25NO9. The molecule has 0 amide bonds. The molecule has 0 aliphatic carbocycles. The number of non-ortho nitro benzene ring substituents is 1. The molecule has 10 nitrogen and oxygen atoms in total. The molecule has 2 heterocycles. The van der Waals surface area contributed by atoms with E-state index in [0.717, 1.165) is 0 Å². The molecule has 0 aromatic heterocycles. The first-order valence-corrected chi connectivity index (χ1v) is 9.23. The maximum atomic E-state index is 12.5. The van der Waals surface area contributed by atoms with Crippen molar-refractivity contribution in [2.45, 2.75) is 56.6 Å². The third-order valence-electron chi connectivity index (χ3n) is 5.66. The quantitative estimate of drug-likeness (QED) is 0.435. The van der Waals surface area contributed by atoms with E-state index in [1.807, 2.05) is 6.92 Å². The lowest BCUT2D eigenvalue weighted by Gasteiger charge is -2.56. The van der Waals surface area contributed by atoms with Gasteiger partial charge >= 0.3 is 5.97 Å². The maximum absolute atomic E-state index is 12.5. The first-order chi connectivity index (χ1) is 13.6. The van der Waals surface area contributed by atoms with Gasteiger partial charge in [0, 0.05) is 19.2 Å². The molecule has 2 aliphatic heterocycles. The summed E-state index contributed by atoms with van der Waals surface area (Å²) < 4.78 is 29.0. The Morgan fingerprint density at radius 2 is 1.93 bits per heavy atom. The van der Waals surface area contributed by atoms with Gasteiger partial charge in [-0.2, -0.15) is 0 Å². The Morgan fingerprint density at radius 3 is 2.48 bits per heavy atom. The van der Waals surface area contributed by atoms with Crippen LogP contribution in [-0.2, 0) is 23.7 Å². The van der Waals surface area contributed by atoms with E-state index in [-0.39, 0.29) is 30.6 Å². The topological polar surface area (TPSA) is 127 Å². The third-order valence-corrected chi connectivity index (χ3v) is 5.66. The zero-order valence-corrected chi connectivity index (χ0v) is 16.7. The standard InChI is InChI=1S/C19H25NO9/c1-11-15-16(29-19(3,25-4)18(2,10-21)28-15)14(9-26-11)27-17(22)12-5-7-13(8-6-12)20(23)24/h5-8,11,14-16,21H,9-10H2,1-4H3/t11-,14-,15+,16+,18+,19-/m0/s1. The Kier molecular flexibility index (Phi) is 5.93. The van der Waals surface area contributed by atoms with Gasteiger partial charge in [0.05, 0.1) is 29.8 Å². The number of esters is 1. The van der Waals surface area contributed by atoms with E-state index in [0.29, 0.717) is 0 Å². The predicted molar refractivity (Wildman–Crippen MR) is 98.4 cm³/mol. The molecule has 10 heteroatoms. The number of rotatable bonds is 5. The summed E-state index contributed by atoms with van der Waals surface area (Å²) in [5.74, 6) is -1.95. The van der Waals surface area contributed by atoms with Crippen LogP contribution in [0.15, 0.2) is 24.3 Å². The minimum absolute atomic E-state index is 0.0834. The summed E-state index contributed by atoms with van der Waals surface area (Å²) in [6.07, 6.45) is -2.44. The zero-order chi connectivity index (χ0) is 21.4. The summed E-state index contributed by atoms with van der Waals surface area (Å²) in [4.78, 5) is 22.8. The number of aliphatic hydroxyl groups excluding tert-OH is 1. The number of hydrogen-bond donors (Lipinski definition) is 1. The van der Waals surface area contributed by atoms with Crippen LogP contribution in [-0.4, -0.2) is 72.1 Å². The molecule has 3 rings (SSSR count). The minimum Gasteiger partial charge on any atom is -0.453 e. The van der Waals surface area contributed by atoms with E-state index in [1.54, 1.807) is 13.8 Å². The number of ether oxygens (including phenoxy) is 5. The van der Waals surface area contributed by atoms with Crippen LogP contribution in [0.5, 0.6) is 0 Å². The predicted octanol–water partition coefficient (Wildman–Crippen LogP) is 1.44. The van der Waals surface area contributed by atoms with Crippen molar-refractivity contribution < 1.29 is 38.5 Å². The van der Waals surface area contributed by atoms with Gasteiger partial charge in [-0.25, -0.2) is 4.79 Å². The van der Waals surface area contributed by atoms with E-state index in [4.69, 9.17) is 23.7 Å². The first kappa shape index (κ1) is 21.6. The molecule has 6 atom stereocenters. The van der Waals surface area contributed by atoms with E-state index < -0.39 is 40.6 Å². The number of methoxy groups -OCH3 is 1. The Hall–Kier alpha value is -2.11. The van der Waals surface area contributed by atoms with Crippen LogP contribution in [0.1, 0.15) is 31.1 Å². The molecule has 1 aromatic carbocycles. The van der Waals surface area contributed by atoms with Crippen LogP contribution in [0, 0.1) is 10.1 Å². The van der Waals surface area contributed by atoms with Crippen molar-refractivity contribution in [2.24, 2.45) is 0 Å². The normalized spacial score (nSPS) is 36.9. The number of nitrogens with zero attached hydrogens (tertiary/aromatic N) is 1. The van der Waals surface area contributed by atoms with Gasteiger partial charge in [-0.05, 0) is 32.9 Å². The smallest absolute Gasteiger partial charge is 0.338 e. The first-order valence-electron chi connectivity index (χ1n) is 9.23. The molecule has 2 saturated heterocycles. The number of fused-ring (bicyclic) bond motifs is 1. The number of hydrogen-bond acceptors (Lipinski definition) is 9. The highest BCUT2D eigenvalue weighted by Gasteiger charge is 2.60. The molecular weight excluding hydrogens is 386 g/mol. The highest BCUT2D eigenvalue weighted by molar-refractivity contribution is 5.89. The van der Waals surface area contributed by atoms with Crippen LogP contribution in [0.2, 0.25) is 0 Å². The molecule has 0 saturated carbocycles. The highest BCUT2D eigenvalue weighted by atomic mass is 16.8. The lowest BCUT2D eigenvalue weighted by atomic mass is 9.89. The van der Waals surface area contributed by atoms with Crippen LogP contribution < -0.4 is 0 Å². The molecule has 0 radical (unpaired) electrons. The fourth-order valence-corrected chi connectivity index (χ4v) is 3.48. The number of nitro groups is 1. The molecule has 0 bridgehead atoms. The molecule has 29 heavy (non-hydrogen) atoms. The Balaban J connectivity index is 1.79. The van der Waals surface area contributed by atoms with Crippen molar-refractivity contribution in [1.29, 1.82) is 0 Å². The van der Waals surface area contributed by atoms with Crippen LogP contribution in [0.3, 0.4) is 0 Å². The highest BCUT2D eigenvalue weighted by Crippen LogP contribution is 2.42. The monoisotopic (exact) mass is 411 g/mol. The minimum atomic E-state index is -1.28. The van der Waals surface area contributed by atoms with E-state index in [9.17, 15) is 20.0 Å². The molecule has 0 spiro atoms. The van der Waals surface area contributed by atoms with Gasteiger partial charge in [-0.15, -0.1) is 0 Å². The summed E-state index contributed by atoms with van der Waals surface area (Å²) in [7, 11) is 1.44. The van der Waals surface area contributed by atoms with E-state index in [2.05, 4.69) is 0 Å². The molecule has 160 valence electrons. The van der Waals surface area contributed by atoms with Gasteiger partial charge in [0.2, 0.25) is 0 Å². The average molecular weight is 411 g/mol. The Morgan fingerprint density at radius 1 is 1.28 bits per heavy atom. The summed E-state index contributed by atoms with van der Waals surface area (Å²) in [5.41, 5.74) is -1.11. The van der Waals surface area contributed by atoms with E-state index in [1.165, 1.54) is 31.4 Å². The second-order valence-electron chi connectivity index (χ2n) is 7.49. The maximum Gasteiger partial charge on any atom is 0.338 e. The molecule has 0 unspecified atom stereocenters. The van der Waals surface area contributed by atoms with Gasteiger partial charge in [-0.3, -0.25) is 10.1 Å². The third kappa shape index (κ3) is 3.86. The SMILES string of the molecule is CO[C@@]1(C)O[C@H]2[C@H](O[C@]1(C)CO)[C@H](C)OC[C@@H]2OC(=O)c1ccc([N+](=O)[O-])cc1. The summed E-state index contributed by atoms with van der Waals surface area (Å²) in [6.45, 7) is 4.87. The number of carbonyl (C=O) groups excluding carboxylic acids is 1. The summed E-state index contributed by atoms with van der Waals surface area (Å²) >= 11 is 0. The second kappa shape index (κ2) is 7.96. The van der Waals surface area contributed by atoms with E-state index >= 15 is 0 Å².